The molecule has 1 aromatic carbocycles. The van der Waals surface area contributed by atoms with Gasteiger partial charge >= 0.3 is 0 Å². The number of aliphatic hydroxyl groups is 1. The standard InChI is InChI=1S/C15H19Cl2NO2/c16-13-5-4-10(7-14(13)17)8-15(20)18-9-11-2-1-3-12(19)6-11/h4-5,7,11-12,19H,1-3,6,8-9H2,(H,18,20). The third-order valence-corrected chi connectivity index (χ3v) is 4.43. The Kier molecular flexibility index (Phi) is 5.70. The second-order valence-electron chi connectivity index (χ2n) is 5.42. The summed E-state index contributed by atoms with van der Waals surface area (Å²) in [7, 11) is 0. The van der Waals surface area contributed by atoms with Gasteiger partial charge in [-0.25, -0.2) is 0 Å². The molecule has 1 amide bonds. The lowest BCUT2D eigenvalue weighted by molar-refractivity contribution is -0.120. The fourth-order valence-electron chi connectivity index (χ4n) is 2.60. The van der Waals surface area contributed by atoms with E-state index in [9.17, 15) is 9.90 Å². The molecule has 0 heterocycles. The molecule has 5 heteroatoms. The van der Waals surface area contributed by atoms with E-state index in [2.05, 4.69) is 5.32 Å². The Bertz CT molecular complexity index is 479. The zero-order valence-corrected chi connectivity index (χ0v) is 12.8. The van der Waals surface area contributed by atoms with Crippen molar-refractivity contribution in [3.63, 3.8) is 0 Å². The van der Waals surface area contributed by atoms with E-state index < -0.39 is 0 Å². The third kappa shape index (κ3) is 4.65. The largest absolute Gasteiger partial charge is 0.393 e. The number of aliphatic hydroxyl groups excluding tert-OH is 1. The molecular weight excluding hydrogens is 297 g/mol. The minimum absolute atomic E-state index is 0.0246. The molecule has 0 radical (unpaired) electrons. The summed E-state index contributed by atoms with van der Waals surface area (Å²) in [6.07, 6.45) is 3.87. The van der Waals surface area contributed by atoms with Crippen molar-refractivity contribution in [3.8, 4) is 0 Å². The van der Waals surface area contributed by atoms with Gasteiger partial charge in [-0.1, -0.05) is 35.7 Å². The first-order chi connectivity index (χ1) is 9.54. The second kappa shape index (κ2) is 7.30. The zero-order valence-electron chi connectivity index (χ0n) is 11.2. The first-order valence-electron chi connectivity index (χ1n) is 6.93. The van der Waals surface area contributed by atoms with Crippen LogP contribution >= 0.6 is 23.2 Å². The minimum Gasteiger partial charge on any atom is -0.393 e. The normalized spacial score (nSPS) is 22.6. The number of hydrogen-bond donors (Lipinski definition) is 2. The SMILES string of the molecule is O=C(Cc1ccc(Cl)c(Cl)c1)NCC1CCCC(O)C1. The van der Waals surface area contributed by atoms with Crippen LogP contribution in [-0.4, -0.2) is 23.7 Å². The molecule has 1 fully saturated rings. The number of rotatable bonds is 4. The summed E-state index contributed by atoms with van der Waals surface area (Å²) in [5.41, 5.74) is 0.848. The first kappa shape index (κ1) is 15.6. The molecule has 2 atom stereocenters. The molecule has 0 aromatic heterocycles. The average molecular weight is 316 g/mol. The summed E-state index contributed by atoms with van der Waals surface area (Å²) in [5, 5.41) is 13.5. The molecule has 3 nitrogen and oxygen atoms in total. The van der Waals surface area contributed by atoms with Crippen molar-refractivity contribution >= 4 is 29.1 Å². The van der Waals surface area contributed by atoms with Crippen LogP contribution in [0, 0.1) is 5.92 Å². The van der Waals surface area contributed by atoms with Gasteiger partial charge in [-0.3, -0.25) is 4.79 Å². The Morgan fingerprint density at radius 3 is 2.80 bits per heavy atom. The molecule has 20 heavy (non-hydrogen) atoms. The molecule has 1 saturated carbocycles. The number of hydrogen-bond acceptors (Lipinski definition) is 2. The maximum Gasteiger partial charge on any atom is 0.224 e. The van der Waals surface area contributed by atoms with E-state index in [0.29, 0.717) is 28.9 Å². The van der Waals surface area contributed by atoms with Crippen LogP contribution in [-0.2, 0) is 11.2 Å². The van der Waals surface area contributed by atoms with E-state index in [0.717, 1.165) is 31.2 Å². The highest BCUT2D eigenvalue weighted by atomic mass is 35.5. The number of carbonyl (C=O) groups is 1. The van der Waals surface area contributed by atoms with Crippen molar-refractivity contribution < 1.29 is 9.90 Å². The van der Waals surface area contributed by atoms with Gasteiger partial charge in [0.05, 0.1) is 22.6 Å². The molecule has 1 aromatic rings. The number of carbonyl (C=O) groups excluding carboxylic acids is 1. The maximum atomic E-state index is 11.9. The van der Waals surface area contributed by atoms with Crippen LogP contribution in [0.2, 0.25) is 10.0 Å². The van der Waals surface area contributed by atoms with Crippen LogP contribution in [0.15, 0.2) is 18.2 Å². The van der Waals surface area contributed by atoms with Gasteiger partial charge in [0.1, 0.15) is 0 Å². The minimum atomic E-state index is -0.208. The summed E-state index contributed by atoms with van der Waals surface area (Å²) in [6, 6.07) is 5.22. The van der Waals surface area contributed by atoms with Crippen LogP contribution in [0.25, 0.3) is 0 Å². The summed E-state index contributed by atoms with van der Waals surface area (Å²) >= 11 is 11.8. The summed E-state index contributed by atoms with van der Waals surface area (Å²) in [6.45, 7) is 0.636. The van der Waals surface area contributed by atoms with Crippen LogP contribution < -0.4 is 5.32 Å². The van der Waals surface area contributed by atoms with Crippen LogP contribution in [0.1, 0.15) is 31.2 Å². The van der Waals surface area contributed by atoms with Gasteiger partial charge in [-0.05, 0) is 42.9 Å². The van der Waals surface area contributed by atoms with E-state index in [1.807, 2.05) is 0 Å². The van der Waals surface area contributed by atoms with Gasteiger partial charge in [-0.15, -0.1) is 0 Å². The number of halogens is 2. The van der Waals surface area contributed by atoms with Crippen LogP contribution in [0.3, 0.4) is 0 Å². The molecule has 1 aliphatic rings. The summed E-state index contributed by atoms with van der Waals surface area (Å²) in [4.78, 5) is 11.9. The van der Waals surface area contributed by atoms with Crippen molar-refractivity contribution in [1.82, 2.24) is 5.32 Å². The predicted molar refractivity (Wildman–Crippen MR) is 81.1 cm³/mol. The number of nitrogens with one attached hydrogen (secondary N) is 1. The van der Waals surface area contributed by atoms with Crippen LogP contribution in [0.4, 0.5) is 0 Å². The molecule has 110 valence electrons. The summed E-state index contributed by atoms with van der Waals surface area (Å²) in [5.74, 6) is 0.361. The number of benzene rings is 1. The molecule has 2 N–H and O–H groups in total. The molecule has 1 aliphatic carbocycles. The smallest absolute Gasteiger partial charge is 0.224 e. The third-order valence-electron chi connectivity index (χ3n) is 3.69. The number of amides is 1. The Balaban J connectivity index is 1.78. The lowest BCUT2D eigenvalue weighted by Crippen LogP contribution is -2.33. The van der Waals surface area contributed by atoms with Crippen molar-refractivity contribution in [2.75, 3.05) is 6.54 Å². The monoisotopic (exact) mass is 315 g/mol. The lowest BCUT2D eigenvalue weighted by atomic mass is 9.87. The topological polar surface area (TPSA) is 49.3 Å². The van der Waals surface area contributed by atoms with Gasteiger partial charge in [0.2, 0.25) is 5.91 Å². The Hall–Kier alpha value is -0.770. The highest BCUT2D eigenvalue weighted by Crippen LogP contribution is 2.24. The molecule has 0 aliphatic heterocycles. The highest BCUT2D eigenvalue weighted by Gasteiger charge is 2.20. The first-order valence-corrected chi connectivity index (χ1v) is 7.69. The van der Waals surface area contributed by atoms with E-state index >= 15 is 0 Å². The molecular formula is C15H19Cl2NO2. The molecule has 2 unspecified atom stereocenters. The fourth-order valence-corrected chi connectivity index (χ4v) is 2.92. The second-order valence-corrected chi connectivity index (χ2v) is 6.23. The average Bonchev–Trinajstić information content (AvgIpc) is 2.41. The van der Waals surface area contributed by atoms with E-state index in [1.54, 1.807) is 18.2 Å². The van der Waals surface area contributed by atoms with Crippen molar-refractivity contribution in [3.05, 3.63) is 33.8 Å². The lowest BCUT2D eigenvalue weighted by Gasteiger charge is -2.25. The van der Waals surface area contributed by atoms with Crippen LogP contribution in [0.5, 0.6) is 0 Å². The molecule has 0 spiro atoms. The fraction of sp³-hybridized carbons (Fsp3) is 0.533. The van der Waals surface area contributed by atoms with E-state index in [4.69, 9.17) is 23.2 Å². The van der Waals surface area contributed by atoms with Gasteiger partial charge in [0.25, 0.3) is 0 Å². The maximum absolute atomic E-state index is 11.9. The Labute approximate surface area is 129 Å². The Morgan fingerprint density at radius 2 is 2.10 bits per heavy atom. The molecule has 2 rings (SSSR count). The molecule has 0 saturated heterocycles. The van der Waals surface area contributed by atoms with Gasteiger partial charge in [-0.2, -0.15) is 0 Å². The van der Waals surface area contributed by atoms with Crippen molar-refractivity contribution in [2.24, 2.45) is 5.92 Å². The van der Waals surface area contributed by atoms with Gasteiger partial charge < -0.3 is 10.4 Å². The molecule has 0 bridgehead atoms. The van der Waals surface area contributed by atoms with Crippen molar-refractivity contribution in [1.29, 1.82) is 0 Å². The van der Waals surface area contributed by atoms with Gasteiger partial charge in [0.15, 0.2) is 0 Å². The Morgan fingerprint density at radius 1 is 1.30 bits per heavy atom. The van der Waals surface area contributed by atoms with Crippen molar-refractivity contribution in [2.45, 2.75) is 38.2 Å². The summed E-state index contributed by atoms with van der Waals surface area (Å²) < 4.78 is 0. The predicted octanol–water partition coefficient (Wildman–Crippen LogP) is 3.20. The van der Waals surface area contributed by atoms with E-state index in [-0.39, 0.29) is 12.0 Å². The highest BCUT2D eigenvalue weighted by molar-refractivity contribution is 6.42. The quantitative estimate of drug-likeness (QED) is 0.896. The van der Waals surface area contributed by atoms with E-state index in [1.165, 1.54) is 0 Å². The van der Waals surface area contributed by atoms with Gasteiger partial charge in [0, 0.05) is 6.54 Å². The zero-order chi connectivity index (χ0) is 14.5.